The van der Waals surface area contributed by atoms with Gasteiger partial charge in [0.25, 0.3) is 0 Å². The number of hydrogen-bond donors (Lipinski definition) is 1. The second kappa shape index (κ2) is 7.03. The molecule has 1 rings (SSSR count). The Balaban J connectivity index is 0.000000671. The van der Waals surface area contributed by atoms with Crippen molar-refractivity contribution < 1.29 is 0 Å². The van der Waals surface area contributed by atoms with Crippen molar-refractivity contribution in [2.75, 3.05) is 5.73 Å². The molecule has 0 bridgehead atoms. The molecule has 3 heteroatoms. The van der Waals surface area contributed by atoms with Crippen LogP contribution in [0.2, 0.25) is 0 Å². The zero-order valence-electron chi connectivity index (χ0n) is 8.07. The van der Waals surface area contributed by atoms with Crippen LogP contribution in [0.5, 0.6) is 0 Å². The molecule has 1 aromatic rings. The molecule has 0 fully saturated rings. The van der Waals surface area contributed by atoms with Crippen molar-refractivity contribution in [3.8, 4) is 0 Å². The Morgan fingerprint density at radius 2 is 2.15 bits per heavy atom. The molecule has 0 unspecified atom stereocenters. The number of rotatable bonds is 2. The normalized spacial score (nSPS) is 9.08. The van der Waals surface area contributed by atoms with Crippen molar-refractivity contribution in [3.05, 3.63) is 36.7 Å². The highest BCUT2D eigenvalue weighted by Gasteiger charge is 1.92. The predicted octanol–water partition coefficient (Wildman–Crippen LogP) is 2.28. The van der Waals surface area contributed by atoms with Crippen LogP contribution >= 0.6 is 0 Å². The smallest absolute Gasteiger partial charge is 0.109 e. The maximum absolute atomic E-state index is 5.57. The lowest BCUT2D eigenvalue weighted by Crippen LogP contribution is -1.93. The monoisotopic (exact) mass is 177 g/mol. The van der Waals surface area contributed by atoms with Crippen LogP contribution in [0, 0.1) is 0 Å². The van der Waals surface area contributed by atoms with E-state index >= 15 is 0 Å². The van der Waals surface area contributed by atoms with Crippen LogP contribution in [0.4, 0.5) is 5.69 Å². The molecule has 13 heavy (non-hydrogen) atoms. The van der Waals surface area contributed by atoms with Gasteiger partial charge in [-0.1, -0.05) is 32.6 Å². The Labute approximate surface area is 79.0 Å². The lowest BCUT2D eigenvalue weighted by molar-refractivity contribution is 1.02. The molecule has 3 nitrogen and oxygen atoms in total. The van der Waals surface area contributed by atoms with Gasteiger partial charge in [-0.15, -0.1) is 5.10 Å². The first kappa shape index (κ1) is 11.4. The van der Waals surface area contributed by atoms with Gasteiger partial charge in [0.1, 0.15) is 5.69 Å². The summed E-state index contributed by atoms with van der Waals surface area (Å²) in [6.45, 7) is 7.53. The number of hydrogen-bond acceptors (Lipinski definition) is 3. The maximum atomic E-state index is 5.57. The molecular weight excluding hydrogens is 162 g/mol. The Kier molecular flexibility index (Phi) is 6.15. The molecule has 1 heterocycles. The fourth-order valence-electron chi connectivity index (χ4n) is 0.641. The fraction of sp³-hybridized carbons (Fsp3) is 0.200. The van der Waals surface area contributed by atoms with Crippen molar-refractivity contribution in [3.63, 3.8) is 0 Å². The first-order valence-electron chi connectivity index (χ1n) is 4.21. The van der Waals surface area contributed by atoms with Gasteiger partial charge >= 0.3 is 0 Å². The summed E-state index contributed by atoms with van der Waals surface area (Å²) in [5.41, 5.74) is 6.87. The highest BCUT2D eigenvalue weighted by Crippen LogP contribution is 2.06. The average molecular weight is 177 g/mol. The first-order chi connectivity index (χ1) is 6.34. The largest absolute Gasteiger partial charge is 0.397 e. The van der Waals surface area contributed by atoms with E-state index < -0.39 is 0 Å². The molecule has 0 aliphatic rings. The molecule has 0 aliphatic carbocycles. The standard InChI is InChI=1S/C8H9N3.C2H6/c1-2-3-4-8-7(9)5-6-10-11-8;1-2/h2-6H,1H2,(H2,9,10);1-2H3/b4-3-;. The third-order valence-electron chi connectivity index (χ3n) is 1.17. The van der Waals surface area contributed by atoms with E-state index in [0.717, 1.165) is 0 Å². The summed E-state index contributed by atoms with van der Waals surface area (Å²) in [6, 6.07) is 1.70. The molecule has 0 saturated carbocycles. The number of nitrogens with two attached hydrogens (primary N) is 1. The Bertz CT molecular complexity index is 279. The third-order valence-corrected chi connectivity index (χ3v) is 1.17. The summed E-state index contributed by atoms with van der Waals surface area (Å²) in [5.74, 6) is 0. The molecular formula is C10H15N3. The summed E-state index contributed by atoms with van der Waals surface area (Å²) in [5, 5.41) is 7.49. The van der Waals surface area contributed by atoms with Gasteiger partial charge < -0.3 is 5.73 Å². The van der Waals surface area contributed by atoms with Crippen molar-refractivity contribution >= 4 is 11.8 Å². The molecule has 0 aromatic carbocycles. The third kappa shape index (κ3) is 4.06. The van der Waals surface area contributed by atoms with Crippen molar-refractivity contribution in [2.24, 2.45) is 0 Å². The van der Waals surface area contributed by atoms with E-state index in [2.05, 4.69) is 16.8 Å². The lowest BCUT2D eigenvalue weighted by atomic mass is 10.3. The van der Waals surface area contributed by atoms with Crippen LogP contribution in [0.15, 0.2) is 31.0 Å². The maximum Gasteiger partial charge on any atom is 0.109 e. The van der Waals surface area contributed by atoms with E-state index in [9.17, 15) is 0 Å². The van der Waals surface area contributed by atoms with Crippen LogP contribution in [-0.2, 0) is 0 Å². The van der Waals surface area contributed by atoms with Crippen molar-refractivity contribution in [1.29, 1.82) is 0 Å². The lowest BCUT2D eigenvalue weighted by Gasteiger charge is -1.93. The van der Waals surface area contributed by atoms with E-state index in [4.69, 9.17) is 5.73 Å². The van der Waals surface area contributed by atoms with Gasteiger partial charge in [-0.25, -0.2) is 0 Å². The fourth-order valence-corrected chi connectivity index (χ4v) is 0.641. The number of anilines is 1. The number of nitrogens with zero attached hydrogens (tertiary/aromatic N) is 2. The van der Waals surface area contributed by atoms with Crippen LogP contribution in [0.3, 0.4) is 0 Å². The Hall–Kier alpha value is -1.64. The molecule has 0 amide bonds. The van der Waals surface area contributed by atoms with Gasteiger partial charge in [-0.2, -0.15) is 5.10 Å². The second-order valence-electron chi connectivity index (χ2n) is 1.97. The minimum absolute atomic E-state index is 0.623. The van der Waals surface area contributed by atoms with Crippen molar-refractivity contribution in [2.45, 2.75) is 13.8 Å². The van der Waals surface area contributed by atoms with Crippen LogP contribution in [-0.4, -0.2) is 10.2 Å². The minimum atomic E-state index is 0.623. The molecule has 0 aliphatic heterocycles. The SMILES string of the molecule is C=C/C=C\c1nnccc1N.CC. The zero-order chi connectivity index (χ0) is 10.1. The second-order valence-corrected chi connectivity index (χ2v) is 1.97. The van der Waals surface area contributed by atoms with E-state index in [-0.39, 0.29) is 0 Å². The predicted molar refractivity (Wildman–Crippen MR) is 57.0 cm³/mol. The number of aromatic nitrogens is 2. The Morgan fingerprint density at radius 1 is 1.46 bits per heavy atom. The van der Waals surface area contributed by atoms with E-state index in [1.165, 1.54) is 0 Å². The van der Waals surface area contributed by atoms with Gasteiger partial charge in [0.2, 0.25) is 0 Å². The zero-order valence-corrected chi connectivity index (χ0v) is 8.07. The van der Waals surface area contributed by atoms with Gasteiger partial charge in [0, 0.05) is 0 Å². The quantitative estimate of drug-likeness (QED) is 0.705. The molecule has 70 valence electrons. The van der Waals surface area contributed by atoms with Crippen molar-refractivity contribution in [1.82, 2.24) is 10.2 Å². The van der Waals surface area contributed by atoms with E-state index in [1.807, 2.05) is 13.8 Å². The molecule has 0 spiro atoms. The van der Waals surface area contributed by atoms with Crippen LogP contribution in [0.25, 0.3) is 6.08 Å². The summed E-state index contributed by atoms with van der Waals surface area (Å²) < 4.78 is 0. The summed E-state index contributed by atoms with van der Waals surface area (Å²) in [4.78, 5) is 0. The first-order valence-corrected chi connectivity index (χ1v) is 4.21. The van der Waals surface area contributed by atoms with Gasteiger partial charge in [0.15, 0.2) is 0 Å². The van der Waals surface area contributed by atoms with Gasteiger partial charge in [-0.3, -0.25) is 0 Å². The topological polar surface area (TPSA) is 51.8 Å². The van der Waals surface area contributed by atoms with E-state index in [1.54, 1.807) is 30.5 Å². The molecule has 0 radical (unpaired) electrons. The Morgan fingerprint density at radius 3 is 2.69 bits per heavy atom. The molecule has 1 aromatic heterocycles. The highest BCUT2D eigenvalue weighted by atomic mass is 15.1. The molecule has 2 N–H and O–H groups in total. The highest BCUT2D eigenvalue weighted by molar-refractivity contribution is 5.60. The van der Waals surface area contributed by atoms with Crippen LogP contribution < -0.4 is 5.73 Å². The molecule has 0 atom stereocenters. The van der Waals surface area contributed by atoms with Gasteiger partial charge in [0.05, 0.1) is 11.9 Å². The van der Waals surface area contributed by atoms with Gasteiger partial charge in [-0.05, 0) is 12.1 Å². The van der Waals surface area contributed by atoms with E-state index in [0.29, 0.717) is 11.4 Å². The summed E-state index contributed by atoms with van der Waals surface area (Å²) >= 11 is 0. The average Bonchev–Trinajstić information content (AvgIpc) is 2.20. The number of allylic oxidation sites excluding steroid dienone is 2. The summed E-state index contributed by atoms with van der Waals surface area (Å²) in [6.07, 6.45) is 6.74. The minimum Gasteiger partial charge on any atom is -0.397 e. The van der Waals surface area contributed by atoms with Crippen LogP contribution in [0.1, 0.15) is 19.5 Å². The number of nitrogen functional groups attached to an aromatic ring is 1. The molecule has 0 saturated heterocycles. The summed E-state index contributed by atoms with van der Waals surface area (Å²) in [7, 11) is 0.